The van der Waals surface area contributed by atoms with Crippen LogP contribution in [0.5, 0.6) is 0 Å². The highest BCUT2D eigenvalue weighted by Crippen LogP contribution is 2.11. The molecule has 1 aromatic rings. The third-order valence-electron chi connectivity index (χ3n) is 2.86. The van der Waals surface area contributed by atoms with Crippen LogP contribution >= 0.6 is 0 Å². The Kier molecular flexibility index (Phi) is 6.36. The fourth-order valence-electron chi connectivity index (χ4n) is 1.75. The van der Waals surface area contributed by atoms with Crippen molar-refractivity contribution in [3.8, 4) is 0 Å². The van der Waals surface area contributed by atoms with E-state index in [1.807, 2.05) is 0 Å². The summed E-state index contributed by atoms with van der Waals surface area (Å²) in [6.07, 6.45) is 1.44. The van der Waals surface area contributed by atoms with Crippen LogP contribution in [0.15, 0.2) is 30.3 Å². The first kappa shape index (κ1) is 17.2. The average Bonchev–Trinajstić information content (AvgIpc) is 2.40. The lowest BCUT2D eigenvalue weighted by molar-refractivity contribution is -0.143. The summed E-state index contributed by atoms with van der Waals surface area (Å²) >= 11 is 0. The topological polar surface area (TPSA) is 104 Å². The standard InChI is InChI=1S/C14H19NO5S/c1-21(18,19)12(10-11-6-3-2-4-7-11)14(17)20-9-5-8-13(15)16/h2-4,6-7,12H,5,8-10H2,1H3,(H2,15,16). The summed E-state index contributed by atoms with van der Waals surface area (Å²) in [5, 5.41) is -1.24. The first-order valence-corrected chi connectivity index (χ1v) is 8.44. The van der Waals surface area contributed by atoms with Gasteiger partial charge in [-0.05, 0) is 18.4 Å². The summed E-state index contributed by atoms with van der Waals surface area (Å²) < 4.78 is 28.4. The molecular weight excluding hydrogens is 294 g/mol. The molecule has 0 saturated heterocycles. The van der Waals surface area contributed by atoms with E-state index >= 15 is 0 Å². The Morgan fingerprint density at radius 2 is 1.86 bits per heavy atom. The molecule has 2 N–H and O–H groups in total. The second kappa shape index (κ2) is 7.78. The Labute approximate surface area is 124 Å². The molecule has 0 bridgehead atoms. The highest BCUT2D eigenvalue weighted by Gasteiger charge is 2.30. The SMILES string of the molecule is CS(=O)(=O)C(Cc1ccccc1)C(=O)OCCCC(N)=O. The maximum atomic E-state index is 11.9. The van der Waals surface area contributed by atoms with Gasteiger partial charge in [0.05, 0.1) is 6.61 Å². The molecule has 0 fully saturated rings. The fraction of sp³-hybridized carbons (Fsp3) is 0.429. The van der Waals surface area contributed by atoms with Crippen molar-refractivity contribution in [1.82, 2.24) is 0 Å². The summed E-state index contributed by atoms with van der Waals surface area (Å²) in [7, 11) is -3.58. The number of ether oxygens (including phenoxy) is 1. The quantitative estimate of drug-likeness (QED) is 0.554. The van der Waals surface area contributed by atoms with E-state index in [1.165, 1.54) is 0 Å². The van der Waals surface area contributed by atoms with E-state index in [2.05, 4.69) is 0 Å². The van der Waals surface area contributed by atoms with Crippen LogP contribution in [0.4, 0.5) is 0 Å². The van der Waals surface area contributed by atoms with Gasteiger partial charge in [-0.3, -0.25) is 9.59 Å². The minimum atomic E-state index is -3.58. The summed E-state index contributed by atoms with van der Waals surface area (Å²) in [5.74, 6) is -1.29. The van der Waals surface area contributed by atoms with Crippen LogP contribution in [0.3, 0.4) is 0 Å². The van der Waals surface area contributed by atoms with Gasteiger partial charge >= 0.3 is 5.97 Å². The third kappa shape index (κ3) is 6.40. The number of hydrogen-bond donors (Lipinski definition) is 1. The number of amides is 1. The van der Waals surface area contributed by atoms with Crippen molar-refractivity contribution in [2.45, 2.75) is 24.5 Å². The van der Waals surface area contributed by atoms with Crippen molar-refractivity contribution < 1.29 is 22.7 Å². The van der Waals surface area contributed by atoms with Gasteiger partial charge in [-0.1, -0.05) is 30.3 Å². The molecule has 7 heteroatoms. The van der Waals surface area contributed by atoms with Crippen molar-refractivity contribution in [2.75, 3.05) is 12.9 Å². The van der Waals surface area contributed by atoms with E-state index < -0.39 is 27.0 Å². The summed E-state index contributed by atoms with van der Waals surface area (Å²) in [5.41, 5.74) is 5.70. The molecule has 116 valence electrons. The molecule has 0 radical (unpaired) electrons. The van der Waals surface area contributed by atoms with E-state index in [0.29, 0.717) is 0 Å². The van der Waals surface area contributed by atoms with Crippen molar-refractivity contribution in [3.05, 3.63) is 35.9 Å². The maximum Gasteiger partial charge on any atom is 0.324 e. The molecule has 0 aliphatic rings. The van der Waals surface area contributed by atoms with Gasteiger partial charge in [0.2, 0.25) is 5.91 Å². The molecule has 1 atom stereocenters. The molecular formula is C14H19NO5S. The van der Waals surface area contributed by atoms with Crippen LogP contribution < -0.4 is 5.73 Å². The lowest BCUT2D eigenvalue weighted by Crippen LogP contribution is -2.33. The van der Waals surface area contributed by atoms with E-state index in [4.69, 9.17) is 10.5 Å². The highest BCUT2D eigenvalue weighted by molar-refractivity contribution is 7.92. The number of hydrogen-bond acceptors (Lipinski definition) is 5. The zero-order valence-corrected chi connectivity index (χ0v) is 12.6. The van der Waals surface area contributed by atoms with Crippen LogP contribution in [0.1, 0.15) is 18.4 Å². The second-order valence-electron chi connectivity index (χ2n) is 4.75. The van der Waals surface area contributed by atoms with Crippen LogP contribution in [-0.4, -0.2) is 38.4 Å². The van der Waals surface area contributed by atoms with E-state index in [9.17, 15) is 18.0 Å². The Morgan fingerprint density at radius 1 is 1.24 bits per heavy atom. The molecule has 0 aliphatic carbocycles. The molecule has 0 spiro atoms. The van der Waals surface area contributed by atoms with E-state index in [0.717, 1.165) is 11.8 Å². The molecule has 1 amide bonds. The zero-order chi connectivity index (χ0) is 15.9. The fourth-order valence-corrected chi connectivity index (χ4v) is 2.66. The molecule has 0 aliphatic heterocycles. The predicted molar refractivity (Wildman–Crippen MR) is 78.2 cm³/mol. The third-order valence-corrected chi connectivity index (χ3v) is 4.25. The number of benzene rings is 1. The number of primary amides is 1. The lowest BCUT2D eigenvalue weighted by atomic mass is 10.1. The van der Waals surface area contributed by atoms with Gasteiger partial charge in [-0.25, -0.2) is 8.42 Å². The van der Waals surface area contributed by atoms with Gasteiger partial charge in [0.25, 0.3) is 0 Å². The number of rotatable bonds is 8. The normalized spacial score (nSPS) is 12.6. The average molecular weight is 313 g/mol. The second-order valence-corrected chi connectivity index (χ2v) is 6.97. The van der Waals surface area contributed by atoms with Gasteiger partial charge < -0.3 is 10.5 Å². The molecule has 0 heterocycles. The molecule has 6 nitrogen and oxygen atoms in total. The van der Waals surface area contributed by atoms with Gasteiger partial charge in [-0.15, -0.1) is 0 Å². The van der Waals surface area contributed by atoms with Crippen molar-refractivity contribution in [1.29, 1.82) is 0 Å². The number of esters is 1. The summed E-state index contributed by atoms with van der Waals surface area (Å²) in [6.45, 7) is -0.0252. The first-order chi connectivity index (χ1) is 9.80. The van der Waals surface area contributed by atoms with Crippen LogP contribution in [0.25, 0.3) is 0 Å². The zero-order valence-electron chi connectivity index (χ0n) is 11.8. The minimum Gasteiger partial charge on any atom is -0.465 e. The van der Waals surface area contributed by atoms with E-state index in [-0.39, 0.29) is 25.9 Å². The molecule has 1 aromatic carbocycles. The lowest BCUT2D eigenvalue weighted by Gasteiger charge is -2.14. The van der Waals surface area contributed by atoms with Gasteiger partial charge in [0.15, 0.2) is 15.1 Å². The molecule has 21 heavy (non-hydrogen) atoms. The number of carbonyl (C=O) groups excluding carboxylic acids is 2. The first-order valence-electron chi connectivity index (χ1n) is 6.48. The Morgan fingerprint density at radius 3 is 2.38 bits per heavy atom. The van der Waals surface area contributed by atoms with Crippen LogP contribution in [0.2, 0.25) is 0 Å². The number of nitrogens with two attached hydrogens (primary N) is 1. The maximum absolute atomic E-state index is 11.9. The highest BCUT2D eigenvalue weighted by atomic mass is 32.2. The molecule has 0 saturated carbocycles. The Balaban J connectivity index is 2.66. The van der Waals surface area contributed by atoms with Crippen molar-refractivity contribution >= 4 is 21.7 Å². The van der Waals surface area contributed by atoms with Gasteiger partial charge in [0.1, 0.15) is 0 Å². The van der Waals surface area contributed by atoms with Crippen LogP contribution in [0, 0.1) is 0 Å². The van der Waals surface area contributed by atoms with Gasteiger partial charge in [0, 0.05) is 12.7 Å². The summed E-state index contributed by atoms with van der Waals surface area (Å²) in [6, 6.07) is 8.85. The Bertz CT molecular complexity index is 583. The largest absolute Gasteiger partial charge is 0.465 e. The monoisotopic (exact) mass is 313 g/mol. The molecule has 0 aromatic heterocycles. The van der Waals surface area contributed by atoms with E-state index in [1.54, 1.807) is 30.3 Å². The van der Waals surface area contributed by atoms with Crippen LogP contribution in [-0.2, 0) is 30.6 Å². The van der Waals surface area contributed by atoms with Gasteiger partial charge in [-0.2, -0.15) is 0 Å². The Hall–Kier alpha value is -1.89. The summed E-state index contributed by atoms with van der Waals surface area (Å²) in [4.78, 5) is 22.5. The molecule has 1 unspecified atom stereocenters. The number of sulfone groups is 1. The van der Waals surface area contributed by atoms with Crippen molar-refractivity contribution in [3.63, 3.8) is 0 Å². The molecule has 1 rings (SSSR count). The minimum absolute atomic E-state index is 0.0252. The predicted octanol–water partition coefficient (Wildman–Crippen LogP) is 0.451. The smallest absolute Gasteiger partial charge is 0.324 e. The number of carbonyl (C=O) groups is 2. The van der Waals surface area contributed by atoms with Crippen molar-refractivity contribution in [2.24, 2.45) is 5.73 Å².